The third-order valence-electron chi connectivity index (χ3n) is 3.15. The van der Waals surface area contributed by atoms with Crippen molar-refractivity contribution in [3.05, 3.63) is 35.6 Å². The second kappa shape index (κ2) is 5.86. The smallest absolute Gasteiger partial charge is 0.123 e. The van der Waals surface area contributed by atoms with Crippen molar-refractivity contribution in [3.8, 4) is 0 Å². The molecule has 2 N–H and O–H groups in total. The molecule has 0 aliphatic heterocycles. The highest BCUT2D eigenvalue weighted by Crippen LogP contribution is 2.28. The van der Waals surface area contributed by atoms with Crippen LogP contribution in [0.25, 0.3) is 0 Å². The largest absolute Gasteiger partial charge is 0.330 e. The van der Waals surface area contributed by atoms with Crippen LogP contribution in [0.2, 0.25) is 0 Å². The molecule has 1 unspecified atom stereocenters. The summed E-state index contributed by atoms with van der Waals surface area (Å²) in [5.41, 5.74) is 6.82. The molecule has 0 bridgehead atoms. The van der Waals surface area contributed by atoms with E-state index in [1.165, 1.54) is 6.07 Å². The lowest BCUT2D eigenvalue weighted by atomic mass is 9.83. The van der Waals surface area contributed by atoms with Crippen molar-refractivity contribution in [2.45, 2.75) is 32.6 Å². The van der Waals surface area contributed by atoms with Crippen molar-refractivity contribution in [1.82, 2.24) is 0 Å². The first-order chi connectivity index (χ1) is 7.22. The van der Waals surface area contributed by atoms with E-state index in [0.29, 0.717) is 12.5 Å². The Morgan fingerprint density at radius 2 is 1.93 bits per heavy atom. The molecule has 0 aromatic heterocycles. The van der Waals surface area contributed by atoms with Gasteiger partial charge in [0.1, 0.15) is 5.82 Å². The van der Waals surface area contributed by atoms with Gasteiger partial charge in [0.05, 0.1) is 0 Å². The molecule has 0 heterocycles. The van der Waals surface area contributed by atoms with Gasteiger partial charge < -0.3 is 5.73 Å². The molecule has 0 amide bonds. The summed E-state index contributed by atoms with van der Waals surface area (Å²) in [5.74, 6) is 0.671. The third kappa shape index (κ3) is 3.03. The van der Waals surface area contributed by atoms with Gasteiger partial charge >= 0.3 is 0 Å². The zero-order valence-electron chi connectivity index (χ0n) is 9.54. The zero-order valence-corrected chi connectivity index (χ0v) is 9.54. The van der Waals surface area contributed by atoms with Crippen LogP contribution in [0.5, 0.6) is 0 Å². The topological polar surface area (TPSA) is 26.0 Å². The van der Waals surface area contributed by atoms with E-state index in [1.807, 2.05) is 6.07 Å². The summed E-state index contributed by atoms with van der Waals surface area (Å²) in [6.45, 7) is 4.92. The monoisotopic (exact) mass is 209 g/mol. The lowest BCUT2D eigenvalue weighted by Crippen LogP contribution is -2.21. The fourth-order valence-electron chi connectivity index (χ4n) is 2.20. The second-order valence-electron chi connectivity index (χ2n) is 3.97. The lowest BCUT2D eigenvalue weighted by Gasteiger charge is -2.24. The Kier molecular flexibility index (Phi) is 4.76. The summed E-state index contributed by atoms with van der Waals surface area (Å²) in [6, 6.07) is 6.81. The van der Waals surface area contributed by atoms with E-state index < -0.39 is 0 Å². The Morgan fingerprint density at radius 1 is 1.27 bits per heavy atom. The molecule has 0 saturated heterocycles. The average Bonchev–Trinajstić information content (AvgIpc) is 2.25. The van der Waals surface area contributed by atoms with Gasteiger partial charge in [-0.3, -0.25) is 0 Å². The fourth-order valence-corrected chi connectivity index (χ4v) is 2.20. The predicted octanol–water partition coefficient (Wildman–Crippen LogP) is 3.30. The predicted molar refractivity (Wildman–Crippen MR) is 62.3 cm³/mol. The second-order valence-corrected chi connectivity index (χ2v) is 3.97. The van der Waals surface area contributed by atoms with Crippen LogP contribution in [-0.4, -0.2) is 6.54 Å². The van der Waals surface area contributed by atoms with Crippen LogP contribution < -0.4 is 5.73 Å². The summed E-state index contributed by atoms with van der Waals surface area (Å²) in [7, 11) is 0. The molecular weight excluding hydrogens is 189 g/mol. The third-order valence-corrected chi connectivity index (χ3v) is 3.15. The van der Waals surface area contributed by atoms with Crippen LogP contribution in [0.1, 0.15) is 38.2 Å². The van der Waals surface area contributed by atoms with Crippen LogP contribution in [-0.2, 0) is 0 Å². The number of benzene rings is 1. The van der Waals surface area contributed by atoms with Crippen LogP contribution in [0.4, 0.5) is 4.39 Å². The van der Waals surface area contributed by atoms with Crippen LogP contribution >= 0.6 is 0 Å². The van der Waals surface area contributed by atoms with Gasteiger partial charge in [-0.2, -0.15) is 0 Å². The number of halogens is 1. The molecule has 15 heavy (non-hydrogen) atoms. The highest BCUT2D eigenvalue weighted by atomic mass is 19.1. The Bertz CT molecular complexity index is 294. The summed E-state index contributed by atoms with van der Waals surface area (Å²) in [6.07, 6.45) is 2.18. The molecule has 0 aliphatic carbocycles. The highest BCUT2D eigenvalue weighted by molar-refractivity contribution is 5.21. The first-order valence-corrected chi connectivity index (χ1v) is 5.68. The molecule has 0 saturated carbocycles. The molecule has 0 radical (unpaired) electrons. The van der Waals surface area contributed by atoms with E-state index in [-0.39, 0.29) is 11.7 Å². The minimum Gasteiger partial charge on any atom is -0.330 e. The van der Waals surface area contributed by atoms with E-state index in [4.69, 9.17) is 5.73 Å². The minimum atomic E-state index is -0.170. The van der Waals surface area contributed by atoms with E-state index in [0.717, 1.165) is 18.4 Å². The lowest BCUT2D eigenvalue weighted by molar-refractivity contribution is 0.401. The van der Waals surface area contributed by atoms with Crippen molar-refractivity contribution in [1.29, 1.82) is 0 Å². The maximum absolute atomic E-state index is 13.1. The number of nitrogens with two attached hydrogens (primary N) is 1. The Labute approximate surface area is 91.5 Å². The zero-order chi connectivity index (χ0) is 11.3. The maximum atomic E-state index is 13.1. The molecule has 84 valence electrons. The molecule has 1 nitrogen and oxygen atoms in total. The summed E-state index contributed by atoms with van der Waals surface area (Å²) in [5, 5.41) is 0. The highest BCUT2D eigenvalue weighted by Gasteiger charge is 2.18. The number of hydrogen-bond donors (Lipinski definition) is 1. The molecule has 1 aromatic rings. The summed E-state index contributed by atoms with van der Waals surface area (Å²) >= 11 is 0. The molecular formula is C13H20FN. The van der Waals surface area contributed by atoms with Crippen molar-refractivity contribution in [3.63, 3.8) is 0 Å². The van der Waals surface area contributed by atoms with Crippen molar-refractivity contribution < 1.29 is 4.39 Å². The van der Waals surface area contributed by atoms with Gasteiger partial charge in [0, 0.05) is 0 Å². The van der Waals surface area contributed by atoms with Crippen molar-refractivity contribution >= 4 is 0 Å². The first-order valence-electron chi connectivity index (χ1n) is 5.68. The summed E-state index contributed by atoms with van der Waals surface area (Å²) < 4.78 is 13.1. The average molecular weight is 209 g/mol. The van der Waals surface area contributed by atoms with Crippen LogP contribution in [0.3, 0.4) is 0 Å². The van der Waals surface area contributed by atoms with Crippen molar-refractivity contribution in [2.75, 3.05) is 6.54 Å². The standard InChI is InChI=1S/C13H20FN/c1-3-10(4-2)13(9-15)11-6-5-7-12(14)8-11/h5-8,10,13H,3-4,9,15H2,1-2H3. The minimum absolute atomic E-state index is 0.170. The van der Waals surface area contributed by atoms with Gasteiger partial charge in [-0.25, -0.2) is 4.39 Å². The molecule has 1 aromatic carbocycles. The van der Waals surface area contributed by atoms with Crippen LogP contribution in [0, 0.1) is 11.7 Å². The quantitative estimate of drug-likeness (QED) is 0.791. The molecule has 1 atom stereocenters. The van der Waals surface area contributed by atoms with Gasteiger partial charge in [0.15, 0.2) is 0 Å². The molecule has 0 spiro atoms. The van der Waals surface area contributed by atoms with Crippen LogP contribution in [0.15, 0.2) is 24.3 Å². The van der Waals surface area contributed by atoms with Gasteiger partial charge in [-0.15, -0.1) is 0 Å². The van der Waals surface area contributed by atoms with E-state index in [2.05, 4.69) is 13.8 Å². The Morgan fingerprint density at radius 3 is 2.40 bits per heavy atom. The summed E-state index contributed by atoms with van der Waals surface area (Å²) in [4.78, 5) is 0. The normalized spacial score (nSPS) is 13.1. The molecule has 1 rings (SSSR count). The first kappa shape index (κ1) is 12.2. The Hall–Kier alpha value is -0.890. The number of hydrogen-bond acceptors (Lipinski definition) is 1. The van der Waals surface area contributed by atoms with Gasteiger partial charge in [0.25, 0.3) is 0 Å². The fraction of sp³-hybridized carbons (Fsp3) is 0.538. The number of rotatable bonds is 5. The van der Waals surface area contributed by atoms with Gasteiger partial charge in [0.2, 0.25) is 0 Å². The molecule has 0 fully saturated rings. The maximum Gasteiger partial charge on any atom is 0.123 e. The van der Waals surface area contributed by atoms with E-state index >= 15 is 0 Å². The SMILES string of the molecule is CCC(CC)C(CN)c1cccc(F)c1. The Balaban J connectivity index is 2.90. The van der Waals surface area contributed by atoms with Crippen molar-refractivity contribution in [2.24, 2.45) is 11.7 Å². The van der Waals surface area contributed by atoms with E-state index in [1.54, 1.807) is 12.1 Å². The van der Waals surface area contributed by atoms with Gasteiger partial charge in [-0.1, -0.05) is 38.8 Å². The van der Waals surface area contributed by atoms with Gasteiger partial charge in [-0.05, 0) is 36.1 Å². The molecule has 0 aliphatic rings. The van der Waals surface area contributed by atoms with E-state index in [9.17, 15) is 4.39 Å². The molecule has 2 heteroatoms.